The van der Waals surface area contributed by atoms with Crippen molar-refractivity contribution < 1.29 is 19.1 Å². The van der Waals surface area contributed by atoms with E-state index in [1.807, 2.05) is 68.4 Å². The Morgan fingerprint density at radius 1 is 1.00 bits per heavy atom. The molecule has 0 saturated heterocycles. The Morgan fingerprint density at radius 3 is 2.48 bits per heavy atom. The van der Waals surface area contributed by atoms with E-state index < -0.39 is 6.04 Å². The van der Waals surface area contributed by atoms with Crippen LogP contribution >= 0.6 is 0 Å². The number of hydrogen-bond acceptors (Lipinski definition) is 4. The zero-order valence-corrected chi connectivity index (χ0v) is 19.3. The Balaban J connectivity index is 1.67. The molecular weight excluding hydrogens is 416 g/mol. The van der Waals surface area contributed by atoms with Crippen LogP contribution in [0.15, 0.2) is 60.7 Å². The number of nitrogens with one attached hydrogen (secondary N) is 1. The number of carbonyl (C=O) groups excluding carboxylic acids is 2. The summed E-state index contributed by atoms with van der Waals surface area (Å²) in [7, 11) is 3.15. The second-order valence-corrected chi connectivity index (χ2v) is 8.22. The van der Waals surface area contributed by atoms with Gasteiger partial charge in [0.15, 0.2) is 11.5 Å². The normalized spacial score (nSPS) is 13.5. The van der Waals surface area contributed by atoms with Crippen LogP contribution < -0.4 is 14.8 Å². The summed E-state index contributed by atoms with van der Waals surface area (Å²) in [4.78, 5) is 28.2. The van der Waals surface area contributed by atoms with E-state index in [9.17, 15) is 9.59 Å². The Morgan fingerprint density at radius 2 is 1.76 bits per heavy atom. The average Bonchev–Trinajstić information content (AvgIpc) is 3.16. The third-order valence-corrected chi connectivity index (χ3v) is 6.28. The van der Waals surface area contributed by atoms with E-state index >= 15 is 0 Å². The predicted molar refractivity (Wildman–Crippen MR) is 128 cm³/mol. The van der Waals surface area contributed by atoms with E-state index in [0.29, 0.717) is 23.6 Å². The minimum Gasteiger partial charge on any atom is -0.493 e. The van der Waals surface area contributed by atoms with Crippen molar-refractivity contribution in [3.8, 4) is 11.5 Å². The average molecular weight is 445 g/mol. The lowest BCUT2D eigenvalue weighted by Crippen LogP contribution is -2.32. The maximum Gasteiger partial charge on any atom is 0.255 e. The number of carbonyl (C=O) groups is 2. The minimum absolute atomic E-state index is 0.0788. The predicted octanol–water partition coefficient (Wildman–Crippen LogP) is 5.05. The maximum atomic E-state index is 13.3. The number of fused-ring (bicyclic) bond motifs is 1. The van der Waals surface area contributed by atoms with Crippen LogP contribution in [0, 0.1) is 13.8 Å². The van der Waals surface area contributed by atoms with Crippen molar-refractivity contribution in [2.75, 3.05) is 19.5 Å². The highest BCUT2D eigenvalue weighted by atomic mass is 16.5. The van der Waals surface area contributed by atoms with Crippen molar-refractivity contribution in [2.24, 2.45) is 0 Å². The first-order chi connectivity index (χ1) is 15.9. The molecule has 1 atom stereocenters. The molecule has 0 spiro atoms. The first-order valence-electron chi connectivity index (χ1n) is 10.9. The number of amides is 2. The lowest BCUT2D eigenvalue weighted by atomic mass is 10.0. The van der Waals surface area contributed by atoms with E-state index in [0.717, 1.165) is 27.9 Å². The van der Waals surface area contributed by atoms with E-state index in [1.54, 1.807) is 25.2 Å². The van der Waals surface area contributed by atoms with E-state index in [2.05, 4.69) is 5.32 Å². The molecule has 1 heterocycles. The van der Waals surface area contributed by atoms with Gasteiger partial charge < -0.3 is 19.7 Å². The van der Waals surface area contributed by atoms with Crippen molar-refractivity contribution in [3.63, 3.8) is 0 Å². The van der Waals surface area contributed by atoms with Gasteiger partial charge in [0.25, 0.3) is 5.91 Å². The van der Waals surface area contributed by atoms with Gasteiger partial charge in [0, 0.05) is 17.8 Å². The number of methoxy groups -OCH3 is 2. The molecule has 6 heteroatoms. The smallest absolute Gasteiger partial charge is 0.255 e. The van der Waals surface area contributed by atoms with Gasteiger partial charge in [-0.05, 0) is 60.4 Å². The SMILES string of the molecule is COc1ccc([C@H](CC(=O)Nc2cccc(C)c2C)N2Cc3ccccc3C2=O)cc1OC. The zero-order valence-electron chi connectivity index (χ0n) is 19.3. The summed E-state index contributed by atoms with van der Waals surface area (Å²) in [5.41, 5.74) is 5.36. The molecule has 4 rings (SSSR count). The largest absolute Gasteiger partial charge is 0.493 e. The van der Waals surface area contributed by atoms with Crippen molar-refractivity contribution >= 4 is 17.5 Å². The molecule has 0 aliphatic carbocycles. The molecule has 6 nitrogen and oxygen atoms in total. The molecule has 3 aromatic rings. The summed E-state index contributed by atoms with van der Waals surface area (Å²) in [6, 6.07) is 18.5. The molecule has 170 valence electrons. The highest BCUT2D eigenvalue weighted by Crippen LogP contribution is 2.37. The molecule has 1 N–H and O–H groups in total. The van der Waals surface area contributed by atoms with Gasteiger partial charge in [-0.25, -0.2) is 0 Å². The van der Waals surface area contributed by atoms with Gasteiger partial charge in [0.05, 0.1) is 26.7 Å². The molecule has 0 bridgehead atoms. The highest BCUT2D eigenvalue weighted by molar-refractivity contribution is 5.99. The van der Waals surface area contributed by atoms with Crippen LogP contribution in [-0.4, -0.2) is 30.9 Å². The maximum absolute atomic E-state index is 13.3. The number of benzene rings is 3. The number of aryl methyl sites for hydroxylation is 1. The molecule has 0 radical (unpaired) electrons. The van der Waals surface area contributed by atoms with E-state index in [1.165, 1.54) is 0 Å². The lowest BCUT2D eigenvalue weighted by Gasteiger charge is -2.28. The molecule has 3 aromatic carbocycles. The van der Waals surface area contributed by atoms with Gasteiger partial charge >= 0.3 is 0 Å². The minimum atomic E-state index is -0.463. The fourth-order valence-electron chi connectivity index (χ4n) is 4.26. The standard InChI is InChI=1S/C27H28N2O4/c1-17-8-7-11-22(18(17)2)28-26(30)15-23(19-12-13-24(32-3)25(14-19)33-4)29-16-20-9-5-6-10-21(20)27(29)31/h5-14,23H,15-16H2,1-4H3,(H,28,30)/t23-/m0/s1. The third-order valence-electron chi connectivity index (χ3n) is 6.28. The van der Waals surface area contributed by atoms with Crippen LogP contribution in [0.1, 0.15) is 45.1 Å². The Hall–Kier alpha value is -3.80. The zero-order chi connectivity index (χ0) is 23.5. The van der Waals surface area contributed by atoms with Crippen molar-refractivity contribution in [1.82, 2.24) is 4.90 Å². The van der Waals surface area contributed by atoms with E-state index in [-0.39, 0.29) is 18.2 Å². The number of hydrogen-bond donors (Lipinski definition) is 1. The molecule has 1 aliphatic rings. The molecule has 33 heavy (non-hydrogen) atoms. The van der Waals surface area contributed by atoms with Gasteiger partial charge in [-0.15, -0.1) is 0 Å². The topological polar surface area (TPSA) is 67.9 Å². The van der Waals surface area contributed by atoms with Crippen LogP contribution in [0.25, 0.3) is 0 Å². The summed E-state index contributed by atoms with van der Waals surface area (Å²) in [6.07, 6.45) is 0.114. The number of nitrogens with zero attached hydrogens (tertiary/aromatic N) is 1. The van der Waals surface area contributed by atoms with Gasteiger partial charge in [0.1, 0.15) is 0 Å². The summed E-state index contributed by atoms with van der Waals surface area (Å²) in [6.45, 7) is 4.44. The van der Waals surface area contributed by atoms with E-state index in [4.69, 9.17) is 9.47 Å². The first kappa shape index (κ1) is 22.4. The van der Waals surface area contributed by atoms with Gasteiger partial charge in [-0.3, -0.25) is 9.59 Å². The molecule has 0 fully saturated rings. The summed E-state index contributed by atoms with van der Waals surface area (Å²) in [5, 5.41) is 3.03. The lowest BCUT2D eigenvalue weighted by molar-refractivity contribution is -0.117. The monoisotopic (exact) mass is 444 g/mol. The van der Waals surface area contributed by atoms with Crippen LogP contribution in [0.3, 0.4) is 0 Å². The molecule has 0 aromatic heterocycles. The molecule has 0 saturated carbocycles. The number of anilines is 1. The van der Waals surface area contributed by atoms with Crippen molar-refractivity contribution in [3.05, 3.63) is 88.5 Å². The second kappa shape index (κ2) is 9.36. The van der Waals surface area contributed by atoms with Gasteiger partial charge in [-0.1, -0.05) is 36.4 Å². The highest BCUT2D eigenvalue weighted by Gasteiger charge is 2.35. The molecule has 1 aliphatic heterocycles. The Bertz CT molecular complexity index is 1200. The van der Waals surface area contributed by atoms with Gasteiger partial charge in [-0.2, -0.15) is 0 Å². The summed E-state index contributed by atoms with van der Waals surface area (Å²) >= 11 is 0. The fraction of sp³-hybridized carbons (Fsp3) is 0.259. The first-order valence-corrected chi connectivity index (χ1v) is 10.9. The molecule has 0 unspecified atom stereocenters. The quantitative estimate of drug-likeness (QED) is 0.554. The molecular formula is C27H28N2O4. The summed E-state index contributed by atoms with van der Waals surface area (Å²) < 4.78 is 10.8. The second-order valence-electron chi connectivity index (χ2n) is 8.22. The van der Waals surface area contributed by atoms with Crippen LogP contribution in [0.2, 0.25) is 0 Å². The van der Waals surface area contributed by atoms with Crippen LogP contribution in [0.5, 0.6) is 11.5 Å². The van der Waals surface area contributed by atoms with Crippen molar-refractivity contribution in [2.45, 2.75) is 32.9 Å². The van der Waals surface area contributed by atoms with Crippen molar-refractivity contribution in [1.29, 1.82) is 0 Å². The molecule has 2 amide bonds. The Labute approximate surface area is 194 Å². The van der Waals surface area contributed by atoms with Crippen LogP contribution in [-0.2, 0) is 11.3 Å². The third kappa shape index (κ3) is 4.42. The van der Waals surface area contributed by atoms with Gasteiger partial charge in [0.2, 0.25) is 5.91 Å². The Kier molecular flexibility index (Phi) is 6.36. The number of ether oxygens (including phenoxy) is 2. The fourth-order valence-corrected chi connectivity index (χ4v) is 4.26. The summed E-state index contributed by atoms with van der Waals surface area (Å²) in [5.74, 6) is 0.909. The van der Waals surface area contributed by atoms with Crippen LogP contribution in [0.4, 0.5) is 5.69 Å². The number of rotatable bonds is 7.